The Morgan fingerprint density at radius 1 is 1.00 bits per heavy atom. The van der Waals surface area contributed by atoms with Gasteiger partial charge in [0.05, 0.1) is 0 Å². The molecule has 0 atom stereocenters. The van der Waals surface area contributed by atoms with E-state index < -0.39 is 0 Å². The summed E-state index contributed by atoms with van der Waals surface area (Å²) in [7, 11) is 0. The van der Waals surface area contributed by atoms with Gasteiger partial charge in [0, 0.05) is 24.0 Å². The number of halogens is 2. The number of pyridine rings is 1. The molecule has 0 saturated heterocycles. The molecule has 0 aliphatic heterocycles. The molecule has 2 aromatic carbocycles. The van der Waals surface area contributed by atoms with E-state index in [1.807, 2.05) is 0 Å². The fraction of sp³-hybridized carbons (Fsp3) is 0.100. The van der Waals surface area contributed by atoms with Crippen LogP contribution in [0.15, 0.2) is 66.9 Å². The highest BCUT2D eigenvalue weighted by atomic mass is 19.1. The number of hydrogen-bond acceptors (Lipinski definition) is 3. The lowest BCUT2D eigenvalue weighted by Gasteiger charge is -2.09. The van der Waals surface area contributed by atoms with Crippen molar-refractivity contribution in [3.05, 3.63) is 89.6 Å². The molecule has 3 aromatic rings. The van der Waals surface area contributed by atoms with Crippen LogP contribution in [0.3, 0.4) is 0 Å². The topological polar surface area (TPSA) is 54.0 Å². The first kappa shape index (κ1) is 17.5. The third-order valence-electron chi connectivity index (χ3n) is 3.78. The molecule has 132 valence electrons. The highest BCUT2D eigenvalue weighted by molar-refractivity contribution is 5.94. The lowest BCUT2D eigenvalue weighted by molar-refractivity contribution is 0.0954. The number of anilines is 2. The zero-order chi connectivity index (χ0) is 18.4. The minimum atomic E-state index is -0.327. The molecule has 0 aliphatic carbocycles. The summed E-state index contributed by atoms with van der Waals surface area (Å²) in [6, 6.07) is 15.5. The molecule has 0 unspecified atom stereocenters. The van der Waals surface area contributed by atoms with E-state index in [1.54, 1.807) is 42.5 Å². The number of hydrogen-bond donors (Lipinski definition) is 2. The summed E-state index contributed by atoms with van der Waals surface area (Å²) in [4.78, 5) is 16.4. The van der Waals surface area contributed by atoms with Gasteiger partial charge >= 0.3 is 0 Å². The molecule has 0 saturated carbocycles. The van der Waals surface area contributed by atoms with E-state index in [1.165, 1.54) is 24.4 Å². The van der Waals surface area contributed by atoms with E-state index in [9.17, 15) is 13.6 Å². The van der Waals surface area contributed by atoms with Crippen molar-refractivity contribution < 1.29 is 13.6 Å². The summed E-state index contributed by atoms with van der Waals surface area (Å²) in [5.41, 5.74) is 1.65. The van der Waals surface area contributed by atoms with E-state index in [0.717, 1.165) is 0 Å². The molecule has 0 aliphatic rings. The van der Waals surface area contributed by atoms with Gasteiger partial charge in [-0.05, 0) is 54.4 Å². The van der Waals surface area contributed by atoms with Gasteiger partial charge in [-0.25, -0.2) is 13.8 Å². The van der Waals surface area contributed by atoms with E-state index in [0.29, 0.717) is 35.6 Å². The molecule has 3 rings (SSSR count). The summed E-state index contributed by atoms with van der Waals surface area (Å²) < 4.78 is 26.5. The molecule has 0 fully saturated rings. The maximum atomic E-state index is 13.6. The van der Waals surface area contributed by atoms with Crippen LogP contribution in [0.25, 0.3) is 0 Å². The van der Waals surface area contributed by atoms with E-state index >= 15 is 0 Å². The van der Waals surface area contributed by atoms with Crippen molar-refractivity contribution in [1.29, 1.82) is 0 Å². The van der Waals surface area contributed by atoms with E-state index in [4.69, 9.17) is 0 Å². The van der Waals surface area contributed by atoms with Gasteiger partial charge in [-0.1, -0.05) is 18.2 Å². The predicted octanol–water partition coefficient (Wildman–Crippen LogP) is 4.08. The Morgan fingerprint density at radius 2 is 1.77 bits per heavy atom. The zero-order valence-corrected chi connectivity index (χ0v) is 13.9. The van der Waals surface area contributed by atoms with Crippen molar-refractivity contribution in [3.8, 4) is 0 Å². The predicted molar refractivity (Wildman–Crippen MR) is 96.4 cm³/mol. The molecule has 1 aromatic heterocycles. The number of carbonyl (C=O) groups is 1. The Balaban J connectivity index is 1.59. The Morgan fingerprint density at radius 3 is 2.54 bits per heavy atom. The number of nitrogens with one attached hydrogen (secondary N) is 2. The van der Waals surface area contributed by atoms with Gasteiger partial charge in [-0.3, -0.25) is 4.79 Å². The van der Waals surface area contributed by atoms with Crippen LogP contribution in [-0.2, 0) is 6.42 Å². The highest BCUT2D eigenvalue weighted by Crippen LogP contribution is 2.16. The largest absolute Gasteiger partial charge is 0.352 e. The molecule has 0 bridgehead atoms. The average Bonchev–Trinajstić information content (AvgIpc) is 2.65. The van der Waals surface area contributed by atoms with Crippen molar-refractivity contribution >= 4 is 17.4 Å². The first-order valence-electron chi connectivity index (χ1n) is 8.12. The Bertz CT molecular complexity index is 898. The summed E-state index contributed by atoms with van der Waals surface area (Å²) in [6.07, 6.45) is 1.92. The summed E-state index contributed by atoms with van der Waals surface area (Å²) >= 11 is 0. The van der Waals surface area contributed by atoms with Crippen molar-refractivity contribution in [1.82, 2.24) is 10.3 Å². The van der Waals surface area contributed by atoms with Crippen molar-refractivity contribution in [2.45, 2.75) is 6.42 Å². The van der Waals surface area contributed by atoms with Crippen LogP contribution < -0.4 is 10.6 Å². The van der Waals surface area contributed by atoms with Crippen molar-refractivity contribution in [2.24, 2.45) is 0 Å². The van der Waals surface area contributed by atoms with E-state index in [-0.39, 0.29) is 17.5 Å². The maximum Gasteiger partial charge on any atom is 0.251 e. The molecule has 26 heavy (non-hydrogen) atoms. The molecule has 0 spiro atoms. The van der Waals surface area contributed by atoms with Crippen LogP contribution in [-0.4, -0.2) is 17.4 Å². The molecule has 2 N–H and O–H groups in total. The second-order valence-electron chi connectivity index (χ2n) is 5.66. The normalized spacial score (nSPS) is 10.4. The monoisotopic (exact) mass is 353 g/mol. The molecule has 0 radical (unpaired) electrons. The fourth-order valence-corrected chi connectivity index (χ4v) is 2.44. The highest BCUT2D eigenvalue weighted by Gasteiger charge is 2.08. The standard InChI is InChI=1S/C20H17F2N3O/c21-16-5-7-17(8-6-16)25-19-13-15(10-11-23-19)20(26)24-12-9-14-3-1-2-4-18(14)22/h1-8,10-11,13H,9,12H2,(H,23,25)(H,24,26). The van der Waals surface area contributed by atoms with Crippen molar-refractivity contribution in [3.63, 3.8) is 0 Å². The molecular weight excluding hydrogens is 336 g/mol. The Labute approximate surface area is 149 Å². The van der Waals surface area contributed by atoms with Gasteiger partial charge in [0.1, 0.15) is 17.5 Å². The number of benzene rings is 2. The van der Waals surface area contributed by atoms with Gasteiger partial charge in [0.15, 0.2) is 0 Å². The van der Waals surface area contributed by atoms with Crippen LogP contribution in [0, 0.1) is 11.6 Å². The Hall–Kier alpha value is -3.28. The minimum Gasteiger partial charge on any atom is -0.352 e. The van der Waals surface area contributed by atoms with Gasteiger partial charge < -0.3 is 10.6 Å². The summed E-state index contributed by atoms with van der Waals surface area (Å²) in [5.74, 6) is -0.410. The zero-order valence-electron chi connectivity index (χ0n) is 13.9. The summed E-state index contributed by atoms with van der Waals surface area (Å²) in [5, 5.41) is 5.77. The lowest BCUT2D eigenvalue weighted by atomic mass is 10.1. The third kappa shape index (κ3) is 4.63. The van der Waals surface area contributed by atoms with Crippen LogP contribution >= 0.6 is 0 Å². The van der Waals surface area contributed by atoms with E-state index in [2.05, 4.69) is 15.6 Å². The van der Waals surface area contributed by atoms with Gasteiger partial charge in [0.2, 0.25) is 0 Å². The average molecular weight is 353 g/mol. The SMILES string of the molecule is O=C(NCCc1ccccc1F)c1ccnc(Nc2ccc(F)cc2)c1. The Kier molecular flexibility index (Phi) is 5.53. The first-order chi connectivity index (χ1) is 12.6. The maximum absolute atomic E-state index is 13.6. The number of carbonyl (C=O) groups excluding carboxylic acids is 1. The molecule has 1 heterocycles. The second kappa shape index (κ2) is 8.20. The van der Waals surface area contributed by atoms with Gasteiger partial charge in [-0.2, -0.15) is 0 Å². The minimum absolute atomic E-state index is 0.272. The van der Waals surface area contributed by atoms with Crippen LogP contribution in [0.1, 0.15) is 15.9 Å². The second-order valence-corrected chi connectivity index (χ2v) is 5.66. The number of nitrogens with zero attached hydrogens (tertiary/aromatic N) is 1. The molecule has 1 amide bonds. The summed E-state index contributed by atoms with van der Waals surface area (Å²) in [6.45, 7) is 0.322. The molecular formula is C20H17F2N3O. The van der Waals surface area contributed by atoms with Crippen LogP contribution in [0.5, 0.6) is 0 Å². The third-order valence-corrected chi connectivity index (χ3v) is 3.78. The quantitative estimate of drug-likeness (QED) is 0.702. The van der Waals surface area contributed by atoms with Crippen LogP contribution in [0.4, 0.5) is 20.3 Å². The van der Waals surface area contributed by atoms with Gasteiger partial charge in [0.25, 0.3) is 5.91 Å². The van der Waals surface area contributed by atoms with Crippen LogP contribution in [0.2, 0.25) is 0 Å². The van der Waals surface area contributed by atoms with Gasteiger partial charge in [-0.15, -0.1) is 0 Å². The fourth-order valence-electron chi connectivity index (χ4n) is 2.44. The molecule has 6 heteroatoms. The first-order valence-corrected chi connectivity index (χ1v) is 8.12. The lowest BCUT2D eigenvalue weighted by Crippen LogP contribution is -2.26. The molecule has 4 nitrogen and oxygen atoms in total. The number of amides is 1. The number of aromatic nitrogens is 1. The van der Waals surface area contributed by atoms with Crippen molar-refractivity contribution in [2.75, 3.05) is 11.9 Å². The number of rotatable bonds is 6. The smallest absolute Gasteiger partial charge is 0.251 e.